The highest BCUT2D eigenvalue weighted by atomic mass is 32.1. The first-order valence-electron chi connectivity index (χ1n) is 6.61. The number of urea groups is 1. The van der Waals surface area contributed by atoms with Crippen molar-refractivity contribution in [2.24, 2.45) is 0 Å². The van der Waals surface area contributed by atoms with E-state index in [1.165, 1.54) is 0 Å². The molecule has 0 spiro atoms. The topological polar surface area (TPSA) is 54.0 Å². The largest absolute Gasteiger partial charge is 0.335 e. The third-order valence-electron chi connectivity index (χ3n) is 3.06. The van der Waals surface area contributed by atoms with E-state index in [0.717, 1.165) is 28.1 Å². The molecule has 2 N–H and O–H groups in total. The summed E-state index contributed by atoms with van der Waals surface area (Å²) in [6.07, 6.45) is 1.90. The minimum Gasteiger partial charge on any atom is -0.335 e. The van der Waals surface area contributed by atoms with Crippen molar-refractivity contribution in [2.45, 2.75) is 39.3 Å². The molecule has 1 aromatic heterocycles. The van der Waals surface area contributed by atoms with Crippen molar-refractivity contribution in [2.75, 3.05) is 0 Å². The molecule has 2 aromatic rings. The van der Waals surface area contributed by atoms with E-state index in [4.69, 9.17) is 0 Å². The Morgan fingerprint density at radius 2 is 2.05 bits per heavy atom. The van der Waals surface area contributed by atoms with Gasteiger partial charge in [0.1, 0.15) is 5.01 Å². The molecule has 0 saturated heterocycles. The van der Waals surface area contributed by atoms with Crippen LogP contribution < -0.4 is 10.6 Å². The predicted octanol–water partition coefficient (Wildman–Crippen LogP) is 3.28. The smallest absolute Gasteiger partial charge is 0.315 e. The maximum Gasteiger partial charge on any atom is 0.315 e. The van der Waals surface area contributed by atoms with Gasteiger partial charge in [-0.05, 0) is 25.0 Å². The van der Waals surface area contributed by atoms with Crippen LogP contribution in [0.3, 0.4) is 0 Å². The van der Waals surface area contributed by atoms with Crippen molar-refractivity contribution < 1.29 is 4.79 Å². The number of amides is 2. The average Bonchev–Trinajstić information content (AvgIpc) is 2.85. The summed E-state index contributed by atoms with van der Waals surface area (Å²) in [6.45, 7) is 4.62. The number of carbonyl (C=O) groups is 1. The molecule has 2 rings (SSSR count). The number of rotatable bonds is 5. The molecule has 19 heavy (non-hydrogen) atoms. The number of benzene rings is 1. The number of carbonyl (C=O) groups excluding carboxylic acids is 1. The summed E-state index contributed by atoms with van der Waals surface area (Å²) in [5, 5.41) is 6.74. The first kappa shape index (κ1) is 13.8. The Bertz CT molecular complexity index is 515. The van der Waals surface area contributed by atoms with E-state index in [2.05, 4.69) is 29.5 Å². The van der Waals surface area contributed by atoms with Crippen LogP contribution in [-0.2, 0) is 6.54 Å². The number of thiazole rings is 1. The molecule has 5 heteroatoms. The first-order chi connectivity index (χ1) is 9.22. The van der Waals surface area contributed by atoms with E-state index < -0.39 is 0 Å². The monoisotopic (exact) mass is 277 g/mol. The van der Waals surface area contributed by atoms with Gasteiger partial charge in [-0.15, -0.1) is 11.3 Å². The molecule has 0 radical (unpaired) electrons. The molecule has 0 fully saturated rings. The molecule has 102 valence electrons. The molecular formula is C14H19N3OS. The number of fused-ring (bicyclic) bond motifs is 1. The van der Waals surface area contributed by atoms with Gasteiger partial charge in [0.2, 0.25) is 0 Å². The van der Waals surface area contributed by atoms with Crippen molar-refractivity contribution in [3.63, 3.8) is 0 Å². The lowest BCUT2D eigenvalue weighted by Gasteiger charge is -2.14. The van der Waals surface area contributed by atoms with Crippen LogP contribution >= 0.6 is 11.3 Å². The number of aromatic nitrogens is 1. The van der Waals surface area contributed by atoms with Crippen molar-refractivity contribution >= 4 is 27.6 Å². The quantitative estimate of drug-likeness (QED) is 0.881. The number of para-hydroxylation sites is 1. The molecule has 0 bridgehead atoms. The highest BCUT2D eigenvalue weighted by molar-refractivity contribution is 7.18. The van der Waals surface area contributed by atoms with Gasteiger partial charge in [0.25, 0.3) is 0 Å². The van der Waals surface area contributed by atoms with Crippen LogP contribution in [0.1, 0.15) is 31.7 Å². The maximum atomic E-state index is 11.7. The third-order valence-corrected chi connectivity index (χ3v) is 4.10. The van der Waals surface area contributed by atoms with Gasteiger partial charge in [-0.2, -0.15) is 0 Å². The summed E-state index contributed by atoms with van der Waals surface area (Å²) in [7, 11) is 0. The Morgan fingerprint density at radius 3 is 2.74 bits per heavy atom. The number of nitrogens with zero attached hydrogens (tertiary/aromatic N) is 1. The number of hydrogen-bond acceptors (Lipinski definition) is 3. The average molecular weight is 277 g/mol. The van der Waals surface area contributed by atoms with Gasteiger partial charge in [-0.25, -0.2) is 9.78 Å². The Kier molecular flexibility index (Phi) is 4.74. The lowest BCUT2D eigenvalue weighted by atomic mass is 10.2. The van der Waals surface area contributed by atoms with Crippen LogP contribution in [0, 0.1) is 0 Å². The minimum atomic E-state index is -0.118. The van der Waals surface area contributed by atoms with Crippen molar-refractivity contribution in [3.8, 4) is 0 Å². The minimum absolute atomic E-state index is 0.118. The van der Waals surface area contributed by atoms with Crippen LogP contribution in [0.2, 0.25) is 0 Å². The number of nitrogens with one attached hydrogen (secondary N) is 2. The Balaban J connectivity index is 1.89. The van der Waals surface area contributed by atoms with Crippen LogP contribution in [0.4, 0.5) is 4.79 Å². The van der Waals surface area contributed by atoms with E-state index >= 15 is 0 Å². The molecule has 2 amide bonds. The molecule has 0 atom stereocenters. The zero-order valence-corrected chi connectivity index (χ0v) is 12.1. The molecule has 0 unspecified atom stereocenters. The van der Waals surface area contributed by atoms with Gasteiger partial charge in [0.05, 0.1) is 16.8 Å². The van der Waals surface area contributed by atoms with Gasteiger partial charge in [0.15, 0.2) is 0 Å². The zero-order valence-electron chi connectivity index (χ0n) is 11.3. The zero-order chi connectivity index (χ0) is 13.7. The molecule has 0 aliphatic heterocycles. The summed E-state index contributed by atoms with van der Waals surface area (Å²) < 4.78 is 1.15. The highest BCUT2D eigenvalue weighted by Gasteiger charge is 2.09. The van der Waals surface area contributed by atoms with Crippen molar-refractivity contribution in [3.05, 3.63) is 29.3 Å². The Labute approximate surface area is 117 Å². The number of hydrogen-bond donors (Lipinski definition) is 2. The fourth-order valence-electron chi connectivity index (χ4n) is 1.88. The van der Waals surface area contributed by atoms with Crippen LogP contribution in [0.15, 0.2) is 24.3 Å². The van der Waals surface area contributed by atoms with Crippen molar-refractivity contribution in [1.82, 2.24) is 15.6 Å². The van der Waals surface area contributed by atoms with E-state index in [1.54, 1.807) is 11.3 Å². The maximum absolute atomic E-state index is 11.7. The second-order valence-electron chi connectivity index (χ2n) is 4.42. The van der Waals surface area contributed by atoms with Crippen LogP contribution in [0.25, 0.3) is 10.2 Å². The standard InChI is InChI=1S/C14H19N3OS/c1-3-10(4-2)16-14(18)15-9-13-17-11-7-5-6-8-12(11)19-13/h5-8,10H,3-4,9H2,1-2H3,(H2,15,16,18). The van der Waals surface area contributed by atoms with Gasteiger partial charge in [-0.1, -0.05) is 26.0 Å². The van der Waals surface area contributed by atoms with Gasteiger partial charge in [-0.3, -0.25) is 0 Å². The summed E-state index contributed by atoms with van der Waals surface area (Å²) in [5.41, 5.74) is 0.990. The van der Waals surface area contributed by atoms with Gasteiger partial charge in [0, 0.05) is 6.04 Å². The fourth-order valence-corrected chi connectivity index (χ4v) is 2.79. The summed E-state index contributed by atoms with van der Waals surface area (Å²) in [6, 6.07) is 8.13. The summed E-state index contributed by atoms with van der Waals surface area (Å²) in [5.74, 6) is 0. The summed E-state index contributed by atoms with van der Waals surface area (Å²) >= 11 is 1.62. The third kappa shape index (κ3) is 3.67. The van der Waals surface area contributed by atoms with Gasteiger partial charge < -0.3 is 10.6 Å². The van der Waals surface area contributed by atoms with E-state index in [0.29, 0.717) is 6.54 Å². The molecule has 1 aromatic carbocycles. The van der Waals surface area contributed by atoms with Crippen LogP contribution in [-0.4, -0.2) is 17.1 Å². The molecule has 0 aliphatic carbocycles. The predicted molar refractivity (Wildman–Crippen MR) is 79.4 cm³/mol. The molecule has 0 aliphatic rings. The lowest BCUT2D eigenvalue weighted by molar-refractivity contribution is 0.235. The normalized spacial score (nSPS) is 10.9. The highest BCUT2D eigenvalue weighted by Crippen LogP contribution is 2.21. The molecule has 4 nitrogen and oxygen atoms in total. The second kappa shape index (κ2) is 6.52. The molecule has 1 heterocycles. The molecular weight excluding hydrogens is 258 g/mol. The Morgan fingerprint density at radius 1 is 1.32 bits per heavy atom. The summed E-state index contributed by atoms with van der Waals surface area (Å²) in [4.78, 5) is 16.2. The fraction of sp³-hybridized carbons (Fsp3) is 0.429. The van der Waals surface area contributed by atoms with Gasteiger partial charge >= 0.3 is 6.03 Å². The molecule has 0 saturated carbocycles. The Hall–Kier alpha value is -1.62. The van der Waals surface area contributed by atoms with Crippen molar-refractivity contribution in [1.29, 1.82) is 0 Å². The lowest BCUT2D eigenvalue weighted by Crippen LogP contribution is -2.41. The van der Waals surface area contributed by atoms with E-state index in [-0.39, 0.29) is 12.1 Å². The SMILES string of the molecule is CCC(CC)NC(=O)NCc1nc2ccccc2s1. The van der Waals surface area contributed by atoms with E-state index in [1.807, 2.05) is 24.3 Å². The van der Waals surface area contributed by atoms with Crippen LogP contribution in [0.5, 0.6) is 0 Å². The second-order valence-corrected chi connectivity index (χ2v) is 5.53. The van der Waals surface area contributed by atoms with E-state index in [9.17, 15) is 4.79 Å². The first-order valence-corrected chi connectivity index (χ1v) is 7.43.